The maximum Gasteiger partial charge on any atom is 0.226 e. The second-order valence-corrected chi connectivity index (χ2v) is 5.88. The normalized spacial score (nSPS) is 24.7. The lowest BCUT2D eigenvalue weighted by Gasteiger charge is -2.33. The maximum atomic E-state index is 13.0. The predicted octanol–water partition coefficient (Wildman–Crippen LogP) is 1.28. The predicted molar refractivity (Wildman–Crippen MR) is 87.6 cm³/mol. The monoisotopic (exact) mass is 340 g/mol. The van der Waals surface area contributed by atoms with Crippen molar-refractivity contribution in [1.82, 2.24) is 0 Å². The number of methoxy groups -OCH3 is 1. The highest BCUT2D eigenvalue weighted by atomic mass is 16.5. The van der Waals surface area contributed by atoms with Gasteiger partial charge in [0.05, 0.1) is 12.7 Å². The van der Waals surface area contributed by atoms with Gasteiger partial charge < -0.3 is 14.9 Å². The number of benzene rings is 2. The van der Waals surface area contributed by atoms with Crippen LogP contribution in [0.25, 0.3) is 0 Å². The topological polar surface area (TPSA) is 101 Å². The minimum absolute atomic E-state index is 0.0631. The fourth-order valence-corrected chi connectivity index (χ4v) is 3.28. The SMILES string of the molecule is COc1cccc2c1C(=O)[C@](O)(C(C)=O)[C@@]2(O)C(=O)c1ccccc1. The van der Waals surface area contributed by atoms with E-state index >= 15 is 0 Å². The molecule has 2 aromatic carbocycles. The van der Waals surface area contributed by atoms with E-state index < -0.39 is 28.6 Å². The lowest BCUT2D eigenvalue weighted by Crippen LogP contribution is -2.61. The minimum atomic E-state index is -2.92. The Bertz CT molecular complexity index is 888. The molecule has 6 nitrogen and oxygen atoms in total. The molecule has 128 valence electrons. The van der Waals surface area contributed by atoms with Gasteiger partial charge in [-0.1, -0.05) is 42.5 Å². The Hall–Kier alpha value is -2.83. The lowest BCUT2D eigenvalue weighted by atomic mass is 9.75. The number of carbonyl (C=O) groups excluding carboxylic acids is 3. The fraction of sp³-hybridized carbons (Fsp3) is 0.211. The Kier molecular flexibility index (Phi) is 3.82. The standard InChI is InChI=1S/C19H16O6/c1-11(20)18(23)17(22)15-13(9-6-10-14(15)25-2)19(18,24)16(21)12-7-4-3-5-8-12/h3-10,23-24H,1-2H3/t18-,19+/m1/s1. The van der Waals surface area contributed by atoms with E-state index in [4.69, 9.17) is 4.74 Å². The molecule has 0 unspecified atom stereocenters. The highest BCUT2D eigenvalue weighted by Gasteiger charge is 2.69. The van der Waals surface area contributed by atoms with E-state index in [1.54, 1.807) is 18.2 Å². The van der Waals surface area contributed by atoms with Crippen molar-refractivity contribution in [3.05, 3.63) is 65.2 Å². The molecule has 0 fully saturated rings. The first-order valence-electron chi connectivity index (χ1n) is 7.58. The van der Waals surface area contributed by atoms with Gasteiger partial charge in [0.15, 0.2) is 11.4 Å². The molecule has 3 rings (SSSR count). The highest BCUT2D eigenvalue weighted by Crippen LogP contribution is 2.49. The van der Waals surface area contributed by atoms with Crippen molar-refractivity contribution in [3.63, 3.8) is 0 Å². The molecule has 1 aliphatic carbocycles. The Morgan fingerprint density at radius 3 is 2.16 bits per heavy atom. The molecule has 0 aromatic heterocycles. The van der Waals surface area contributed by atoms with Gasteiger partial charge in [0.25, 0.3) is 0 Å². The summed E-state index contributed by atoms with van der Waals surface area (Å²) in [6.45, 7) is 0.958. The number of carbonyl (C=O) groups is 3. The van der Waals surface area contributed by atoms with Crippen LogP contribution in [-0.4, -0.2) is 40.3 Å². The summed E-state index contributed by atoms with van der Waals surface area (Å²) in [5, 5.41) is 22.2. The number of ketones is 3. The first kappa shape index (κ1) is 17.0. The highest BCUT2D eigenvalue weighted by molar-refractivity contribution is 6.28. The first-order chi connectivity index (χ1) is 11.8. The van der Waals surface area contributed by atoms with Crippen LogP contribution >= 0.6 is 0 Å². The van der Waals surface area contributed by atoms with Crippen molar-refractivity contribution < 1.29 is 29.3 Å². The largest absolute Gasteiger partial charge is 0.496 e. The Morgan fingerprint density at radius 1 is 0.960 bits per heavy atom. The van der Waals surface area contributed by atoms with Gasteiger partial charge in [0.2, 0.25) is 17.2 Å². The van der Waals surface area contributed by atoms with Crippen LogP contribution in [0.2, 0.25) is 0 Å². The molecule has 2 atom stereocenters. The molecule has 0 saturated heterocycles. The summed E-state index contributed by atoms with van der Waals surface area (Å²) >= 11 is 0. The van der Waals surface area contributed by atoms with Crippen LogP contribution in [0.4, 0.5) is 0 Å². The summed E-state index contributed by atoms with van der Waals surface area (Å²) in [5.74, 6) is -2.95. The third kappa shape index (κ3) is 2.01. The van der Waals surface area contributed by atoms with Crippen molar-refractivity contribution >= 4 is 17.3 Å². The molecule has 0 amide bonds. The number of Topliss-reactive ketones (excluding diaryl/α,β-unsaturated/α-hetero) is 3. The number of hydrogen-bond donors (Lipinski definition) is 2. The zero-order chi connectivity index (χ0) is 18.4. The van der Waals surface area contributed by atoms with Gasteiger partial charge in [-0.3, -0.25) is 14.4 Å². The average molecular weight is 340 g/mol. The number of rotatable bonds is 4. The van der Waals surface area contributed by atoms with E-state index in [-0.39, 0.29) is 22.4 Å². The van der Waals surface area contributed by atoms with E-state index in [0.29, 0.717) is 0 Å². The molecular formula is C19H16O6. The molecular weight excluding hydrogens is 324 g/mol. The third-order valence-electron chi connectivity index (χ3n) is 4.59. The number of fused-ring (bicyclic) bond motifs is 1. The van der Waals surface area contributed by atoms with Crippen LogP contribution in [0.1, 0.15) is 33.2 Å². The summed E-state index contributed by atoms with van der Waals surface area (Å²) in [7, 11) is 1.31. The molecule has 0 aliphatic heterocycles. The smallest absolute Gasteiger partial charge is 0.226 e. The number of ether oxygens (including phenoxy) is 1. The average Bonchev–Trinajstić information content (AvgIpc) is 2.82. The van der Waals surface area contributed by atoms with Crippen molar-refractivity contribution in [3.8, 4) is 5.75 Å². The van der Waals surface area contributed by atoms with E-state index in [1.165, 1.54) is 37.4 Å². The molecule has 1 aliphatic rings. The van der Waals surface area contributed by atoms with Crippen LogP contribution in [-0.2, 0) is 10.4 Å². The van der Waals surface area contributed by atoms with Gasteiger partial charge >= 0.3 is 0 Å². The van der Waals surface area contributed by atoms with Crippen LogP contribution in [0.3, 0.4) is 0 Å². The Morgan fingerprint density at radius 2 is 1.60 bits per heavy atom. The van der Waals surface area contributed by atoms with Gasteiger partial charge in [-0.05, 0) is 13.0 Å². The van der Waals surface area contributed by atoms with E-state index in [1.807, 2.05) is 0 Å². The summed E-state index contributed by atoms with van der Waals surface area (Å²) in [6, 6.07) is 12.0. The third-order valence-corrected chi connectivity index (χ3v) is 4.59. The molecule has 0 heterocycles. The second kappa shape index (κ2) is 5.61. The van der Waals surface area contributed by atoms with E-state index in [0.717, 1.165) is 6.92 Å². The summed E-state index contributed by atoms with van der Waals surface area (Å²) in [6.07, 6.45) is 0. The van der Waals surface area contributed by atoms with E-state index in [9.17, 15) is 24.6 Å². The zero-order valence-corrected chi connectivity index (χ0v) is 13.6. The van der Waals surface area contributed by atoms with Crippen LogP contribution in [0.15, 0.2) is 48.5 Å². The van der Waals surface area contributed by atoms with Crippen molar-refractivity contribution in [1.29, 1.82) is 0 Å². The molecule has 0 radical (unpaired) electrons. The molecule has 6 heteroatoms. The van der Waals surface area contributed by atoms with E-state index in [2.05, 4.69) is 0 Å². The van der Waals surface area contributed by atoms with Crippen molar-refractivity contribution in [2.45, 2.75) is 18.1 Å². The van der Waals surface area contributed by atoms with Crippen molar-refractivity contribution in [2.24, 2.45) is 0 Å². The number of hydrogen-bond acceptors (Lipinski definition) is 6. The van der Waals surface area contributed by atoms with Crippen molar-refractivity contribution in [2.75, 3.05) is 7.11 Å². The van der Waals surface area contributed by atoms with Gasteiger partial charge in [-0.15, -0.1) is 0 Å². The fourth-order valence-electron chi connectivity index (χ4n) is 3.28. The summed E-state index contributed by atoms with van der Waals surface area (Å²) in [4.78, 5) is 38.0. The number of aliphatic hydroxyl groups is 2. The minimum Gasteiger partial charge on any atom is -0.496 e. The molecule has 25 heavy (non-hydrogen) atoms. The van der Waals surface area contributed by atoms with Crippen LogP contribution in [0, 0.1) is 0 Å². The first-order valence-corrected chi connectivity index (χ1v) is 7.58. The maximum absolute atomic E-state index is 13.0. The van der Waals surface area contributed by atoms with Gasteiger partial charge in [0, 0.05) is 11.1 Å². The van der Waals surface area contributed by atoms with Crippen LogP contribution < -0.4 is 4.74 Å². The van der Waals surface area contributed by atoms with Gasteiger partial charge in [-0.25, -0.2) is 0 Å². The zero-order valence-electron chi connectivity index (χ0n) is 13.6. The van der Waals surface area contributed by atoms with Crippen LogP contribution in [0.5, 0.6) is 5.75 Å². The Balaban J connectivity index is 2.35. The second-order valence-electron chi connectivity index (χ2n) is 5.88. The molecule has 2 N–H and O–H groups in total. The molecule has 0 spiro atoms. The quantitative estimate of drug-likeness (QED) is 0.642. The molecule has 2 aromatic rings. The van der Waals surface area contributed by atoms with Gasteiger partial charge in [0.1, 0.15) is 5.75 Å². The lowest BCUT2D eigenvalue weighted by molar-refractivity contribution is -0.149. The molecule has 0 saturated carbocycles. The Labute approximate surface area is 143 Å². The molecule has 0 bridgehead atoms. The van der Waals surface area contributed by atoms with Gasteiger partial charge in [-0.2, -0.15) is 0 Å². The summed E-state index contributed by atoms with van der Waals surface area (Å²) in [5.41, 5.74) is -5.91. The summed E-state index contributed by atoms with van der Waals surface area (Å²) < 4.78 is 5.11.